The summed E-state index contributed by atoms with van der Waals surface area (Å²) in [6.45, 7) is 4.17. The predicted octanol–water partition coefficient (Wildman–Crippen LogP) is 3.08. The van der Waals surface area contributed by atoms with Crippen molar-refractivity contribution in [1.82, 2.24) is 5.32 Å². The molecule has 1 aromatic carbocycles. The van der Waals surface area contributed by atoms with Gasteiger partial charge in [0, 0.05) is 12.1 Å². The summed E-state index contributed by atoms with van der Waals surface area (Å²) in [6.07, 6.45) is 2.50. The van der Waals surface area contributed by atoms with Crippen LogP contribution in [0.15, 0.2) is 18.2 Å². The molecule has 1 fully saturated rings. The molecule has 2 rings (SSSR count). The van der Waals surface area contributed by atoms with E-state index < -0.39 is 0 Å². The van der Waals surface area contributed by atoms with Gasteiger partial charge in [-0.3, -0.25) is 0 Å². The molecule has 0 heterocycles. The number of hydrogen-bond acceptors (Lipinski definition) is 2. The largest absolute Gasteiger partial charge is 0.494 e. The van der Waals surface area contributed by atoms with Crippen molar-refractivity contribution in [3.63, 3.8) is 0 Å². The molecule has 1 aliphatic rings. The minimum Gasteiger partial charge on any atom is -0.494 e. The Labute approximate surface area is 102 Å². The first-order chi connectivity index (χ1) is 8.13. The van der Waals surface area contributed by atoms with E-state index >= 15 is 0 Å². The SMILES string of the molecule is COc1cccc(C(C)C(C)NC2CC2)c1F. The van der Waals surface area contributed by atoms with Gasteiger partial charge >= 0.3 is 0 Å². The maximum absolute atomic E-state index is 14.1. The van der Waals surface area contributed by atoms with Gasteiger partial charge in [0.2, 0.25) is 0 Å². The molecule has 2 unspecified atom stereocenters. The van der Waals surface area contributed by atoms with Gasteiger partial charge in [-0.1, -0.05) is 19.1 Å². The standard InChI is InChI=1S/C14H20FNO/c1-9(10(2)16-11-7-8-11)12-5-4-6-13(17-3)14(12)15/h4-6,9-11,16H,7-8H2,1-3H3. The smallest absolute Gasteiger partial charge is 0.168 e. The molecule has 94 valence electrons. The van der Waals surface area contributed by atoms with Crippen molar-refractivity contribution in [3.05, 3.63) is 29.6 Å². The average Bonchev–Trinajstić information content (AvgIpc) is 3.12. The van der Waals surface area contributed by atoms with Gasteiger partial charge in [-0.15, -0.1) is 0 Å². The second-order valence-corrected chi connectivity index (χ2v) is 4.88. The van der Waals surface area contributed by atoms with Crippen LogP contribution in [0, 0.1) is 5.82 Å². The van der Waals surface area contributed by atoms with Crippen LogP contribution in [0.2, 0.25) is 0 Å². The van der Waals surface area contributed by atoms with Crippen molar-refractivity contribution in [1.29, 1.82) is 0 Å². The zero-order chi connectivity index (χ0) is 12.4. The van der Waals surface area contributed by atoms with E-state index in [1.807, 2.05) is 12.1 Å². The third kappa shape index (κ3) is 2.78. The summed E-state index contributed by atoms with van der Waals surface area (Å²) in [5, 5.41) is 3.51. The summed E-state index contributed by atoms with van der Waals surface area (Å²) in [4.78, 5) is 0. The third-order valence-electron chi connectivity index (χ3n) is 3.53. The Morgan fingerprint density at radius 2 is 2.06 bits per heavy atom. The zero-order valence-electron chi connectivity index (χ0n) is 10.7. The third-order valence-corrected chi connectivity index (χ3v) is 3.53. The van der Waals surface area contributed by atoms with E-state index in [9.17, 15) is 4.39 Å². The van der Waals surface area contributed by atoms with Crippen LogP contribution in [0.1, 0.15) is 38.2 Å². The van der Waals surface area contributed by atoms with Gasteiger partial charge in [0.15, 0.2) is 11.6 Å². The fourth-order valence-corrected chi connectivity index (χ4v) is 2.07. The van der Waals surface area contributed by atoms with Gasteiger partial charge in [0.1, 0.15) is 0 Å². The van der Waals surface area contributed by atoms with Crippen LogP contribution in [-0.2, 0) is 0 Å². The highest BCUT2D eigenvalue weighted by Gasteiger charge is 2.27. The molecule has 17 heavy (non-hydrogen) atoms. The second kappa shape index (κ2) is 5.05. The molecule has 0 radical (unpaired) electrons. The normalized spacial score (nSPS) is 18.8. The minimum atomic E-state index is -0.230. The molecular formula is C14H20FNO. The molecule has 0 amide bonds. The van der Waals surface area contributed by atoms with E-state index in [4.69, 9.17) is 4.74 Å². The van der Waals surface area contributed by atoms with Crippen LogP contribution in [0.4, 0.5) is 4.39 Å². The van der Waals surface area contributed by atoms with E-state index in [0.717, 1.165) is 5.56 Å². The van der Waals surface area contributed by atoms with Crippen molar-refractivity contribution in [2.24, 2.45) is 0 Å². The Balaban J connectivity index is 2.14. The molecule has 1 N–H and O–H groups in total. The number of hydrogen-bond donors (Lipinski definition) is 1. The Morgan fingerprint density at radius 3 is 2.65 bits per heavy atom. The van der Waals surface area contributed by atoms with Crippen molar-refractivity contribution in [3.8, 4) is 5.75 Å². The van der Waals surface area contributed by atoms with Gasteiger partial charge in [-0.05, 0) is 37.3 Å². The number of benzene rings is 1. The first kappa shape index (κ1) is 12.4. The minimum absolute atomic E-state index is 0.144. The van der Waals surface area contributed by atoms with E-state index in [0.29, 0.717) is 11.8 Å². The fourth-order valence-electron chi connectivity index (χ4n) is 2.07. The summed E-state index contributed by atoms with van der Waals surface area (Å²) in [6, 6.07) is 6.26. The van der Waals surface area contributed by atoms with Crippen LogP contribution in [0.25, 0.3) is 0 Å². The summed E-state index contributed by atoms with van der Waals surface area (Å²) in [5.74, 6) is 0.241. The highest BCUT2D eigenvalue weighted by Crippen LogP contribution is 2.29. The van der Waals surface area contributed by atoms with E-state index in [-0.39, 0.29) is 17.8 Å². The van der Waals surface area contributed by atoms with Crippen LogP contribution in [0.5, 0.6) is 5.75 Å². The zero-order valence-corrected chi connectivity index (χ0v) is 10.7. The number of halogens is 1. The average molecular weight is 237 g/mol. The lowest BCUT2D eigenvalue weighted by molar-refractivity contribution is 0.378. The monoisotopic (exact) mass is 237 g/mol. The Hall–Kier alpha value is -1.09. The topological polar surface area (TPSA) is 21.3 Å². The maximum Gasteiger partial charge on any atom is 0.168 e. The maximum atomic E-state index is 14.1. The molecule has 0 bridgehead atoms. The number of ether oxygens (including phenoxy) is 1. The molecular weight excluding hydrogens is 217 g/mol. The molecule has 2 nitrogen and oxygen atoms in total. The first-order valence-corrected chi connectivity index (χ1v) is 6.22. The summed E-state index contributed by atoms with van der Waals surface area (Å²) in [7, 11) is 1.50. The van der Waals surface area contributed by atoms with Gasteiger partial charge in [-0.25, -0.2) is 4.39 Å². The highest BCUT2D eigenvalue weighted by atomic mass is 19.1. The molecule has 1 aliphatic carbocycles. The van der Waals surface area contributed by atoms with Crippen molar-refractivity contribution >= 4 is 0 Å². The van der Waals surface area contributed by atoms with E-state index in [2.05, 4.69) is 19.2 Å². The number of nitrogens with one attached hydrogen (secondary N) is 1. The predicted molar refractivity (Wildman–Crippen MR) is 67.0 cm³/mol. The Bertz CT molecular complexity index is 390. The van der Waals surface area contributed by atoms with Gasteiger partial charge < -0.3 is 10.1 Å². The fraction of sp³-hybridized carbons (Fsp3) is 0.571. The quantitative estimate of drug-likeness (QED) is 0.849. The van der Waals surface area contributed by atoms with E-state index in [1.165, 1.54) is 20.0 Å². The lowest BCUT2D eigenvalue weighted by Gasteiger charge is -2.22. The molecule has 0 aliphatic heterocycles. The van der Waals surface area contributed by atoms with Crippen molar-refractivity contribution in [2.45, 2.75) is 44.7 Å². The van der Waals surface area contributed by atoms with Crippen LogP contribution in [-0.4, -0.2) is 19.2 Å². The Kier molecular flexibility index (Phi) is 3.67. The van der Waals surface area contributed by atoms with Gasteiger partial charge in [-0.2, -0.15) is 0 Å². The highest BCUT2D eigenvalue weighted by molar-refractivity contribution is 5.33. The molecule has 0 saturated heterocycles. The van der Waals surface area contributed by atoms with E-state index in [1.54, 1.807) is 6.07 Å². The first-order valence-electron chi connectivity index (χ1n) is 6.22. The number of rotatable bonds is 5. The number of methoxy groups -OCH3 is 1. The lowest BCUT2D eigenvalue weighted by Crippen LogP contribution is -2.33. The van der Waals surface area contributed by atoms with Crippen molar-refractivity contribution < 1.29 is 9.13 Å². The lowest BCUT2D eigenvalue weighted by atomic mass is 9.93. The molecule has 0 spiro atoms. The van der Waals surface area contributed by atoms with Gasteiger partial charge in [0.05, 0.1) is 7.11 Å². The van der Waals surface area contributed by atoms with Crippen LogP contribution < -0.4 is 10.1 Å². The van der Waals surface area contributed by atoms with Crippen LogP contribution >= 0.6 is 0 Å². The molecule has 1 aromatic rings. The molecule has 1 saturated carbocycles. The summed E-state index contributed by atoms with van der Waals surface area (Å²) in [5.41, 5.74) is 0.727. The molecule has 2 atom stereocenters. The van der Waals surface area contributed by atoms with Gasteiger partial charge in [0.25, 0.3) is 0 Å². The van der Waals surface area contributed by atoms with Crippen molar-refractivity contribution in [2.75, 3.05) is 7.11 Å². The molecule has 0 aromatic heterocycles. The van der Waals surface area contributed by atoms with Crippen LogP contribution in [0.3, 0.4) is 0 Å². The second-order valence-electron chi connectivity index (χ2n) is 4.88. The summed E-state index contributed by atoms with van der Waals surface area (Å²) < 4.78 is 19.1. The Morgan fingerprint density at radius 1 is 1.35 bits per heavy atom. The summed E-state index contributed by atoms with van der Waals surface area (Å²) >= 11 is 0. The molecule has 3 heteroatoms.